The topological polar surface area (TPSA) is 98.8 Å². The summed E-state index contributed by atoms with van der Waals surface area (Å²) in [6.45, 7) is -0.166. The van der Waals surface area contributed by atoms with Crippen LogP contribution in [0, 0.1) is 0 Å². The number of allylic oxidation sites excluding steroid dienone is 1. The molecular formula is C17H22BrClN4O2. The van der Waals surface area contributed by atoms with E-state index in [0.29, 0.717) is 5.92 Å². The largest absolute Gasteiger partial charge is 0.485 e. The summed E-state index contributed by atoms with van der Waals surface area (Å²) < 4.78 is 8.55. The Morgan fingerprint density at radius 3 is 2.76 bits per heavy atom. The monoisotopic (exact) mass is 428 g/mol. The summed E-state index contributed by atoms with van der Waals surface area (Å²) in [5.74, 6) is 0.892. The number of nitrogens with two attached hydrogens (primary N) is 2. The molecule has 0 amide bonds. The Hall–Kier alpha value is -1.70. The van der Waals surface area contributed by atoms with E-state index < -0.39 is 0 Å². The van der Waals surface area contributed by atoms with Crippen molar-refractivity contribution in [3.8, 4) is 0 Å². The van der Waals surface area contributed by atoms with Crippen LogP contribution >= 0.6 is 27.5 Å². The van der Waals surface area contributed by atoms with Crippen molar-refractivity contribution in [2.24, 2.45) is 11.5 Å². The number of pyridine rings is 1. The Kier molecular flexibility index (Phi) is 6.37. The van der Waals surface area contributed by atoms with E-state index in [1.54, 1.807) is 0 Å². The molecule has 6 nitrogen and oxygen atoms in total. The normalized spacial score (nSPS) is 15.7. The van der Waals surface area contributed by atoms with Crippen LogP contribution in [0.2, 0.25) is 0 Å². The molecule has 2 heterocycles. The zero-order valence-electron chi connectivity index (χ0n) is 12.9. The van der Waals surface area contributed by atoms with Crippen molar-refractivity contribution < 1.29 is 9.84 Å². The Labute approximate surface area is 160 Å². The standard InChI is InChI=1S/C16H18BrClN4O2.CH4/c17-12-3-10(9-1-2-9)5-22-6-11(21-16(12)22)8-24-14(4-15(18)20)13(19)7-23;/h3-6,9,23H,1-2,7-8,19-20H2;1H4/b14-13+,15-4-;. The molecule has 0 saturated heterocycles. The summed E-state index contributed by atoms with van der Waals surface area (Å²) in [4.78, 5) is 4.55. The number of aromatic nitrogens is 2. The van der Waals surface area contributed by atoms with Crippen molar-refractivity contribution >= 4 is 33.2 Å². The van der Waals surface area contributed by atoms with Gasteiger partial charge in [0.05, 0.1) is 22.5 Å². The summed E-state index contributed by atoms with van der Waals surface area (Å²) in [7, 11) is 0. The molecule has 1 saturated carbocycles. The van der Waals surface area contributed by atoms with Crippen LogP contribution in [-0.2, 0) is 11.3 Å². The predicted molar refractivity (Wildman–Crippen MR) is 103 cm³/mol. The van der Waals surface area contributed by atoms with Crippen LogP contribution in [0.4, 0.5) is 0 Å². The maximum Gasteiger partial charge on any atom is 0.151 e. The number of imidazole rings is 1. The first-order chi connectivity index (χ1) is 11.5. The average Bonchev–Trinajstić information content (AvgIpc) is 3.30. The number of halogens is 2. The number of nitrogens with zero attached hydrogens (tertiary/aromatic N) is 2. The van der Waals surface area contributed by atoms with E-state index in [9.17, 15) is 0 Å². The zero-order chi connectivity index (χ0) is 17.3. The molecule has 0 bridgehead atoms. The van der Waals surface area contributed by atoms with Gasteiger partial charge in [0, 0.05) is 18.5 Å². The van der Waals surface area contributed by atoms with E-state index in [0.717, 1.165) is 15.8 Å². The van der Waals surface area contributed by atoms with Gasteiger partial charge in [-0.1, -0.05) is 19.0 Å². The molecule has 1 aliphatic rings. The van der Waals surface area contributed by atoms with Gasteiger partial charge in [-0.3, -0.25) is 0 Å². The molecule has 0 unspecified atom stereocenters. The molecular weight excluding hydrogens is 408 g/mol. The van der Waals surface area contributed by atoms with Crippen molar-refractivity contribution in [2.75, 3.05) is 6.61 Å². The summed E-state index contributed by atoms with van der Waals surface area (Å²) in [6, 6.07) is 2.12. The van der Waals surface area contributed by atoms with Gasteiger partial charge < -0.3 is 25.7 Å². The quantitative estimate of drug-likeness (QED) is 0.372. The minimum atomic E-state index is -0.350. The van der Waals surface area contributed by atoms with Crippen molar-refractivity contribution in [1.82, 2.24) is 9.38 Å². The molecule has 2 aromatic rings. The number of fused-ring (bicyclic) bond motifs is 1. The molecule has 5 N–H and O–H groups in total. The highest BCUT2D eigenvalue weighted by Gasteiger charge is 2.24. The van der Waals surface area contributed by atoms with Crippen LogP contribution < -0.4 is 11.5 Å². The van der Waals surface area contributed by atoms with Gasteiger partial charge >= 0.3 is 0 Å². The Balaban J connectivity index is 0.00000225. The number of ether oxygens (including phenoxy) is 1. The fraction of sp³-hybridized carbons (Fsp3) is 0.353. The Bertz CT molecular complexity index is 823. The van der Waals surface area contributed by atoms with Crippen LogP contribution in [0.3, 0.4) is 0 Å². The van der Waals surface area contributed by atoms with Crippen molar-refractivity contribution in [1.29, 1.82) is 0 Å². The van der Waals surface area contributed by atoms with Crippen molar-refractivity contribution in [2.45, 2.75) is 32.8 Å². The van der Waals surface area contributed by atoms with Gasteiger partial charge in [0.1, 0.15) is 17.5 Å². The Morgan fingerprint density at radius 1 is 1.44 bits per heavy atom. The second kappa shape index (κ2) is 8.12. The lowest BCUT2D eigenvalue weighted by Crippen LogP contribution is -2.09. The van der Waals surface area contributed by atoms with E-state index in [1.807, 2.05) is 10.6 Å². The number of aliphatic hydroxyl groups excluding tert-OH is 1. The second-order valence-electron chi connectivity index (χ2n) is 5.72. The molecule has 0 aliphatic heterocycles. The Morgan fingerprint density at radius 2 is 2.16 bits per heavy atom. The maximum absolute atomic E-state index is 9.15. The van der Waals surface area contributed by atoms with E-state index in [4.69, 9.17) is 32.9 Å². The molecule has 0 atom stereocenters. The maximum atomic E-state index is 9.15. The van der Waals surface area contributed by atoms with Crippen molar-refractivity contribution in [3.63, 3.8) is 0 Å². The fourth-order valence-corrected chi connectivity index (χ4v) is 3.08. The molecule has 25 heavy (non-hydrogen) atoms. The SMILES string of the molecule is C.N/C(Cl)=C\C(OCc1cn2cc(C3CC3)cc(Br)c2n1)=C(/N)CO. The first-order valence-corrected chi connectivity index (χ1v) is 8.67. The van der Waals surface area contributed by atoms with Crippen LogP contribution in [0.1, 0.15) is 37.4 Å². The highest BCUT2D eigenvalue weighted by Crippen LogP contribution is 2.41. The summed E-state index contributed by atoms with van der Waals surface area (Å²) in [6.07, 6.45) is 7.85. The summed E-state index contributed by atoms with van der Waals surface area (Å²) >= 11 is 9.23. The molecule has 8 heteroatoms. The first kappa shape index (κ1) is 19.6. The highest BCUT2D eigenvalue weighted by molar-refractivity contribution is 9.10. The van der Waals surface area contributed by atoms with Gasteiger partial charge in [-0.25, -0.2) is 4.98 Å². The third kappa shape index (κ3) is 4.68. The van der Waals surface area contributed by atoms with E-state index in [-0.39, 0.29) is 37.3 Å². The minimum absolute atomic E-state index is 0. The van der Waals surface area contributed by atoms with E-state index in [2.05, 4.69) is 33.2 Å². The molecule has 1 aliphatic carbocycles. The molecule has 0 radical (unpaired) electrons. The van der Waals surface area contributed by atoms with Gasteiger partial charge in [-0.05, 0) is 46.3 Å². The smallest absolute Gasteiger partial charge is 0.151 e. The van der Waals surface area contributed by atoms with Crippen LogP contribution in [0.15, 0.2) is 45.6 Å². The van der Waals surface area contributed by atoms with Gasteiger partial charge in [0.25, 0.3) is 0 Å². The summed E-state index contributed by atoms with van der Waals surface area (Å²) in [5, 5.41) is 9.17. The summed E-state index contributed by atoms with van der Waals surface area (Å²) in [5.41, 5.74) is 14.2. The van der Waals surface area contributed by atoms with Gasteiger partial charge in [-0.2, -0.15) is 0 Å². The molecule has 0 spiro atoms. The minimum Gasteiger partial charge on any atom is -0.485 e. The van der Waals surface area contributed by atoms with Gasteiger partial charge in [0.15, 0.2) is 5.65 Å². The molecule has 136 valence electrons. The molecule has 3 rings (SSSR count). The van der Waals surface area contributed by atoms with Crippen LogP contribution in [0.5, 0.6) is 0 Å². The van der Waals surface area contributed by atoms with Crippen LogP contribution in [0.25, 0.3) is 5.65 Å². The first-order valence-electron chi connectivity index (χ1n) is 7.50. The second-order valence-corrected chi connectivity index (χ2v) is 7.02. The average molecular weight is 430 g/mol. The number of rotatable bonds is 6. The zero-order valence-corrected chi connectivity index (χ0v) is 15.2. The molecule has 0 aromatic carbocycles. The number of hydrogen-bond acceptors (Lipinski definition) is 5. The van der Waals surface area contributed by atoms with E-state index >= 15 is 0 Å². The number of aliphatic hydroxyl groups is 1. The van der Waals surface area contributed by atoms with Gasteiger partial charge in [-0.15, -0.1) is 0 Å². The molecule has 2 aromatic heterocycles. The van der Waals surface area contributed by atoms with Crippen molar-refractivity contribution in [3.05, 3.63) is 56.9 Å². The predicted octanol–water partition coefficient (Wildman–Crippen LogP) is 3.33. The highest BCUT2D eigenvalue weighted by atomic mass is 79.9. The lowest BCUT2D eigenvalue weighted by Gasteiger charge is -2.08. The third-order valence-corrected chi connectivity index (χ3v) is 4.45. The lowest BCUT2D eigenvalue weighted by molar-refractivity contribution is 0.198. The van der Waals surface area contributed by atoms with Crippen LogP contribution in [-0.4, -0.2) is 21.1 Å². The third-order valence-electron chi connectivity index (χ3n) is 3.76. The fourth-order valence-electron chi connectivity index (χ4n) is 2.42. The lowest BCUT2D eigenvalue weighted by atomic mass is 10.2. The molecule has 1 fully saturated rings. The van der Waals surface area contributed by atoms with E-state index in [1.165, 1.54) is 24.5 Å². The number of hydrogen-bond donors (Lipinski definition) is 3. The van der Waals surface area contributed by atoms with Gasteiger partial charge in [0.2, 0.25) is 0 Å².